The van der Waals surface area contributed by atoms with Crippen LogP contribution < -0.4 is 5.32 Å². The number of rotatable bonds is 4. The molecule has 0 saturated heterocycles. The van der Waals surface area contributed by atoms with Crippen LogP contribution in [0.15, 0.2) is 59.3 Å². The van der Waals surface area contributed by atoms with Crippen molar-refractivity contribution in [1.29, 1.82) is 0 Å². The molecule has 0 bridgehead atoms. The third-order valence-electron chi connectivity index (χ3n) is 3.62. The molecule has 2 aromatic carbocycles. The Balaban J connectivity index is 1.56. The third kappa shape index (κ3) is 2.67. The van der Waals surface area contributed by atoms with E-state index < -0.39 is 0 Å². The fourth-order valence-electron chi connectivity index (χ4n) is 2.38. The zero-order valence-corrected chi connectivity index (χ0v) is 12.2. The van der Waals surface area contributed by atoms with Crippen molar-refractivity contribution in [3.63, 3.8) is 0 Å². The molecule has 2 heterocycles. The lowest BCUT2D eigenvalue weighted by atomic mass is 10.1. The van der Waals surface area contributed by atoms with Gasteiger partial charge in [0.05, 0.1) is 24.5 Å². The van der Waals surface area contributed by atoms with Crippen molar-refractivity contribution in [2.75, 3.05) is 5.32 Å². The van der Waals surface area contributed by atoms with Crippen LogP contribution in [0.25, 0.3) is 22.2 Å². The van der Waals surface area contributed by atoms with Crippen LogP contribution in [-0.2, 0) is 6.61 Å². The maximum absolute atomic E-state index is 9.07. The standard InChI is InChI=1S/C17H14N4O2/c22-10-11-1-3-12(4-2-11)16-9-18-17(23-16)20-14-5-6-15-13(7-14)8-19-21-15/h1-9,22H,10H2,(H,18,20)(H,19,21). The van der Waals surface area contributed by atoms with E-state index in [-0.39, 0.29) is 6.61 Å². The molecule has 0 fully saturated rings. The average Bonchev–Trinajstić information content (AvgIpc) is 3.24. The van der Waals surface area contributed by atoms with Gasteiger partial charge >= 0.3 is 0 Å². The molecular formula is C17H14N4O2. The van der Waals surface area contributed by atoms with E-state index in [1.165, 1.54) is 0 Å². The second kappa shape index (κ2) is 5.58. The van der Waals surface area contributed by atoms with Gasteiger partial charge in [-0.25, -0.2) is 4.98 Å². The molecular weight excluding hydrogens is 292 g/mol. The number of hydrogen-bond acceptors (Lipinski definition) is 5. The quantitative estimate of drug-likeness (QED) is 0.537. The highest BCUT2D eigenvalue weighted by Crippen LogP contribution is 2.26. The molecule has 23 heavy (non-hydrogen) atoms. The molecule has 0 unspecified atom stereocenters. The molecule has 6 nitrogen and oxygen atoms in total. The molecule has 4 rings (SSSR count). The van der Waals surface area contributed by atoms with E-state index in [0.717, 1.165) is 27.7 Å². The van der Waals surface area contributed by atoms with E-state index in [9.17, 15) is 0 Å². The van der Waals surface area contributed by atoms with E-state index in [1.54, 1.807) is 12.4 Å². The number of nitrogens with one attached hydrogen (secondary N) is 2. The molecule has 114 valence electrons. The predicted molar refractivity (Wildman–Crippen MR) is 87.2 cm³/mol. The first kappa shape index (κ1) is 13.5. The first-order valence-electron chi connectivity index (χ1n) is 7.18. The first-order chi connectivity index (χ1) is 11.3. The van der Waals surface area contributed by atoms with Crippen molar-refractivity contribution in [3.8, 4) is 11.3 Å². The van der Waals surface area contributed by atoms with Gasteiger partial charge in [-0.2, -0.15) is 5.10 Å². The van der Waals surface area contributed by atoms with Crippen LogP contribution >= 0.6 is 0 Å². The molecule has 0 aliphatic heterocycles. The number of aliphatic hydroxyl groups excluding tert-OH is 1. The zero-order chi connectivity index (χ0) is 15.6. The molecule has 0 aliphatic rings. The largest absolute Gasteiger partial charge is 0.423 e. The van der Waals surface area contributed by atoms with Gasteiger partial charge in [0.15, 0.2) is 5.76 Å². The third-order valence-corrected chi connectivity index (χ3v) is 3.62. The molecule has 4 aromatic rings. The summed E-state index contributed by atoms with van der Waals surface area (Å²) in [5, 5.41) is 20.1. The van der Waals surface area contributed by atoms with Crippen molar-refractivity contribution >= 4 is 22.6 Å². The minimum absolute atomic E-state index is 0.0278. The maximum atomic E-state index is 9.07. The van der Waals surface area contributed by atoms with Crippen LogP contribution in [0.1, 0.15) is 5.56 Å². The molecule has 0 saturated carbocycles. The molecule has 6 heteroatoms. The number of nitrogens with zero attached hydrogens (tertiary/aromatic N) is 2. The summed E-state index contributed by atoms with van der Waals surface area (Å²) in [4.78, 5) is 4.25. The predicted octanol–water partition coefficient (Wildman–Crippen LogP) is 3.45. The summed E-state index contributed by atoms with van der Waals surface area (Å²) in [7, 11) is 0. The van der Waals surface area contributed by atoms with Crippen LogP contribution in [-0.4, -0.2) is 20.3 Å². The molecule has 0 spiro atoms. The van der Waals surface area contributed by atoms with Crippen molar-refractivity contribution in [2.24, 2.45) is 0 Å². The molecule has 0 aliphatic carbocycles. The Morgan fingerprint density at radius 2 is 1.96 bits per heavy atom. The second-order valence-corrected chi connectivity index (χ2v) is 5.18. The zero-order valence-electron chi connectivity index (χ0n) is 12.2. The normalized spacial score (nSPS) is 11.0. The van der Waals surface area contributed by atoms with E-state index in [2.05, 4.69) is 20.5 Å². The minimum atomic E-state index is 0.0278. The number of H-pyrrole nitrogens is 1. The Morgan fingerprint density at radius 1 is 1.09 bits per heavy atom. The Kier molecular flexibility index (Phi) is 3.29. The highest BCUT2D eigenvalue weighted by molar-refractivity contribution is 5.82. The summed E-state index contributed by atoms with van der Waals surface area (Å²) in [5.41, 5.74) is 3.63. The first-order valence-corrected chi connectivity index (χ1v) is 7.18. The van der Waals surface area contributed by atoms with Crippen LogP contribution in [0, 0.1) is 0 Å². The number of anilines is 2. The van der Waals surface area contributed by atoms with Crippen LogP contribution in [0.4, 0.5) is 11.7 Å². The topological polar surface area (TPSA) is 87.0 Å². The average molecular weight is 306 g/mol. The Hall–Kier alpha value is -3.12. The van der Waals surface area contributed by atoms with Gasteiger partial charge in [-0.15, -0.1) is 0 Å². The monoisotopic (exact) mass is 306 g/mol. The maximum Gasteiger partial charge on any atom is 0.299 e. The summed E-state index contributed by atoms with van der Waals surface area (Å²) >= 11 is 0. The van der Waals surface area contributed by atoms with E-state index >= 15 is 0 Å². The Bertz CT molecular complexity index is 941. The number of aromatic nitrogens is 3. The van der Waals surface area contributed by atoms with E-state index in [0.29, 0.717) is 11.8 Å². The van der Waals surface area contributed by atoms with Gasteiger partial charge in [0.25, 0.3) is 6.01 Å². The van der Waals surface area contributed by atoms with Crippen LogP contribution in [0.2, 0.25) is 0 Å². The van der Waals surface area contributed by atoms with Crippen molar-refractivity contribution in [2.45, 2.75) is 6.61 Å². The number of hydrogen-bond donors (Lipinski definition) is 3. The van der Waals surface area contributed by atoms with Gasteiger partial charge < -0.3 is 14.8 Å². The smallest absolute Gasteiger partial charge is 0.299 e. The minimum Gasteiger partial charge on any atom is -0.423 e. The second-order valence-electron chi connectivity index (χ2n) is 5.18. The van der Waals surface area contributed by atoms with Gasteiger partial charge in [-0.3, -0.25) is 5.10 Å². The lowest BCUT2D eigenvalue weighted by molar-refractivity contribution is 0.282. The summed E-state index contributed by atoms with van der Waals surface area (Å²) in [5.74, 6) is 0.668. The van der Waals surface area contributed by atoms with Gasteiger partial charge in [-0.1, -0.05) is 24.3 Å². The number of benzene rings is 2. The van der Waals surface area contributed by atoms with Crippen LogP contribution in [0.5, 0.6) is 0 Å². The van der Waals surface area contributed by atoms with Crippen molar-refractivity contribution in [1.82, 2.24) is 15.2 Å². The number of aromatic amines is 1. The fourth-order valence-corrected chi connectivity index (χ4v) is 2.38. The Labute approximate surface area is 131 Å². The highest BCUT2D eigenvalue weighted by Gasteiger charge is 2.07. The molecule has 3 N–H and O–H groups in total. The summed E-state index contributed by atoms with van der Waals surface area (Å²) in [6.45, 7) is 0.0278. The summed E-state index contributed by atoms with van der Waals surface area (Å²) in [6, 6.07) is 13.8. The highest BCUT2D eigenvalue weighted by atomic mass is 16.4. The van der Waals surface area contributed by atoms with Crippen molar-refractivity contribution < 1.29 is 9.52 Å². The van der Waals surface area contributed by atoms with Crippen molar-refractivity contribution in [3.05, 3.63) is 60.4 Å². The van der Waals surface area contributed by atoms with Gasteiger partial charge in [0, 0.05) is 16.6 Å². The van der Waals surface area contributed by atoms with Crippen LogP contribution in [0.3, 0.4) is 0 Å². The fraction of sp³-hybridized carbons (Fsp3) is 0.0588. The SMILES string of the molecule is OCc1ccc(-c2cnc(Nc3ccc4[nH]ncc4c3)o2)cc1. The molecule has 0 atom stereocenters. The lowest BCUT2D eigenvalue weighted by Gasteiger charge is -2.02. The molecule has 0 radical (unpaired) electrons. The molecule has 0 amide bonds. The Morgan fingerprint density at radius 3 is 2.78 bits per heavy atom. The number of oxazole rings is 1. The van der Waals surface area contributed by atoms with E-state index in [1.807, 2.05) is 42.5 Å². The van der Waals surface area contributed by atoms with Gasteiger partial charge in [-0.05, 0) is 23.8 Å². The number of aliphatic hydroxyl groups is 1. The molecule has 2 aromatic heterocycles. The number of fused-ring (bicyclic) bond motifs is 1. The van der Waals surface area contributed by atoms with E-state index in [4.69, 9.17) is 9.52 Å². The summed E-state index contributed by atoms with van der Waals surface area (Å²) < 4.78 is 5.73. The van der Waals surface area contributed by atoms with Gasteiger partial charge in [0.2, 0.25) is 0 Å². The summed E-state index contributed by atoms with van der Waals surface area (Å²) in [6.07, 6.45) is 3.44. The van der Waals surface area contributed by atoms with Gasteiger partial charge in [0.1, 0.15) is 0 Å². The lowest BCUT2D eigenvalue weighted by Crippen LogP contribution is -1.89.